The van der Waals surface area contributed by atoms with Gasteiger partial charge in [0, 0.05) is 0 Å². The van der Waals surface area contributed by atoms with Crippen LogP contribution in [0.25, 0.3) is 11.0 Å². The molecule has 1 aliphatic rings. The highest BCUT2D eigenvalue weighted by molar-refractivity contribution is 7.15. The van der Waals surface area contributed by atoms with Crippen LogP contribution in [-0.2, 0) is 6.42 Å². The number of anilines is 1. The van der Waals surface area contributed by atoms with Gasteiger partial charge in [0.25, 0.3) is 5.91 Å². The Balaban J connectivity index is 1.80. The molecule has 2 aromatic heterocycles. The van der Waals surface area contributed by atoms with Gasteiger partial charge in [-0.25, -0.2) is 4.39 Å². The monoisotopic (exact) mass is 421 g/mol. The second-order valence-electron chi connectivity index (χ2n) is 7.09. The van der Waals surface area contributed by atoms with Crippen LogP contribution in [0.3, 0.4) is 0 Å². The van der Waals surface area contributed by atoms with E-state index >= 15 is 0 Å². The lowest BCUT2D eigenvalue weighted by Gasteiger charge is -2.22. The van der Waals surface area contributed by atoms with Gasteiger partial charge in [0.1, 0.15) is 16.4 Å². The van der Waals surface area contributed by atoms with Gasteiger partial charge in [-0.15, -0.1) is 10.2 Å². The number of halogens is 1. The molecule has 0 aliphatic carbocycles. The summed E-state index contributed by atoms with van der Waals surface area (Å²) in [5, 5.41) is 9.32. The van der Waals surface area contributed by atoms with Crippen molar-refractivity contribution in [3.8, 4) is 0 Å². The van der Waals surface area contributed by atoms with Crippen LogP contribution < -0.4 is 10.3 Å². The first-order valence-corrected chi connectivity index (χ1v) is 10.3. The van der Waals surface area contributed by atoms with Crippen molar-refractivity contribution in [2.45, 2.75) is 26.3 Å². The molecule has 0 saturated heterocycles. The summed E-state index contributed by atoms with van der Waals surface area (Å²) in [5.41, 5.74) is 1.82. The molecule has 0 spiro atoms. The average molecular weight is 421 g/mol. The van der Waals surface area contributed by atoms with Crippen molar-refractivity contribution in [2.75, 3.05) is 4.90 Å². The summed E-state index contributed by atoms with van der Waals surface area (Å²) < 4.78 is 19.6. The number of hydrogen-bond donors (Lipinski definition) is 0. The number of aromatic nitrogens is 2. The van der Waals surface area contributed by atoms with E-state index in [0.29, 0.717) is 10.1 Å². The fourth-order valence-corrected chi connectivity index (χ4v) is 4.49. The molecule has 0 radical (unpaired) electrons. The Morgan fingerprint density at radius 1 is 1.13 bits per heavy atom. The zero-order valence-corrected chi connectivity index (χ0v) is 17.0. The lowest BCUT2D eigenvalue weighted by Crippen LogP contribution is -2.29. The van der Waals surface area contributed by atoms with Gasteiger partial charge in [0.15, 0.2) is 5.43 Å². The van der Waals surface area contributed by atoms with E-state index in [2.05, 4.69) is 17.1 Å². The zero-order chi connectivity index (χ0) is 21.0. The maximum absolute atomic E-state index is 13.8. The number of aryl methyl sites for hydroxylation is 2. The minimum absolute atomic E-state index is 0.0449. The van der Waals surface area contributed by atoms with Gasteiger partial charge in [-0.1, -0.05) is 42.5 Å². The number of fused-ring (bicyclic) bond motifs is 2. The van der Waals surface area contributed by atoms with Crippen LogP contribution in [0.4, 0.5) is 9.52 Å². The van der Waals surface area contributed by atoms with Crippen LogP contribution in [0.2, 0.25) is 0 Å². The first-order chi connectivity index (χ1) is 14.5. The molecule has 5 rings (SSSR count). The van der Waals surface area contributed by atoms with Crippen LogP contribution in [0.1, 0.15) is 45.2 Å². The second-order valence-corrected chi connectivity index (χ2v) is 8.25. The van der Waals surface area contributed by atoms with Crippen molar-refractivity contribution >= 4 is 33.3 Å². The number of amides is 1. The Bertz CT molecular complexity index is 1360. The molecule has 3 heterocycles. The van der Waals surface area contributed by atoms with E-state index in [1.165, 1.54) is 28.4 Å². The van der Waals surface area contributed by atoms with Crippen molar-refractivity contribution in [1.29, 1.82) is 0 Å². The summed E-state index contributed by atoms with van der Waals surface area (Å²) in [5.74, 6) is -1.05. The van der Waals surface area contributed by atoms with Gasteiger partial charge in [-0.05, 0) is 42.7 Å². The topological polar surface area (TPSA) is 76.3 Å². The third kappa shape index (κ3) is 2.75. The SMILES string of the molecule is CCc1ccc(C2c3c(oc4ccc(F)cc4c3=O)C(=O)N2c2nnc(C)s2)cc1. The van der Waals surface area contributed by atoms with E-state index in [1.807, 2.05) is 24.3 Å². The fraction of sp³-hybridized carbons (Fsp3) is 0.182. The quantitative estimate of drug-likeness (QED) is 0.490. The molecular weight excluding hydrogens is 405 g/mol. The molecule has 150 valence electrons. The summed E-state index contributed by atoms with van der Waals surface area (Å²) in [6, 6.07) is 10.7. The van der Waals surface area contributed by atoms with Gasteiger partial charge in [0.05, 0.1) is 17.0 Å². The Morgan fingerprint density at radius 3 is 2.57 bits per heavy atom. The smallest absolute Gasteiger partial charge is 0.297 e. The molecule has 1 amide bonds. The van der Waals surface area contributed by atoms with E-state index < -0.39 is 23.2 Å². The normalized spacial score (nSPS) is 15.8. The lowest BCUT2D eigenvalue weighted by molar-refractivity contribution is 0.0970. The Labute approximate surface area is 174 Å². The largest absolute Gasteiger partial charge is 0.450 e. The summed E-state index contributed by atoms with van der Waals surface area (Å²) >= 11 is 1.26. The Morgan fingerprint density at radius 2 is 1.90 bits per heavy atom. The van der Waals surface area contributed by atoms with E-state index in [-0.39, 0.29) is 22.3 Å². The maximum Gasteiger partial charge on any atom is 0.297 e. The fourth-order valence-electron chi connectivity index (χ4n) is 3.78. The Kier molecular flexibility index (Phi) is 4.25. The summed E-state index contributed by atoms with van der Waals surface area (Å²) in [6.07, 6.45) is 0.867. The van der Waals surface area contributed by atoms with Gasteiger partial charge in [-0.2, -0.15) is 0 Å². The van der Waals surface area contributed by atoms with Crippen molar-refractivity contribution < 1.29 is 13.6 Å². The first kappa shape index (κ1) is 18.6. The lowest BCUT2D eigenvalue weighted by atomic mass is 9.97. The first-order valence-electron chi connectivity index (χ1n) is 9.46. The van der Waals surface area contributed by atoms with Gasteiger partial charge in [0.2, 0.25) is 10.9 Å². The van der Waals surface area contributed by atoms with Crippen molar-refractivity contribution in [2.24, 2.45) is 0 Å². The molecule has 0 N–H and O–H groups in total. The molecule has 0 saturated carbocycles. The summed E-state index contributed by atoms with van der Waals surface area (Å²) in [4.78, 5) is 28.1. The number of hydrogen-bond acceptors (Lipinski definition) is 6. The molecule has 1 aliphatic heterocycles. The zero-order valence-electron chi connectivity index (χ0n) is 16.2. The summed E-state index contributed by atoms with van der Waals surface area (Å²) in [7, 11) is 0. The third-order valence-electron chi connectivity index (χ3n) is 5.26. The highest BCUT2D eigenvalue weighted by Crippen LogP contribution is 2.42. The number of carbonyl (C=O) groups is 1. The average Bonchev–Trinajstić information content (AvgIpc) is 3.30. The van der Waals surface area contributed by atoms with Crippen LogP contribution >= 0.6 is 11.3 Å². The molecule has 2 aromatic carbocycles. The van der Waals surface area contributed by atoms with Crippen LogP contribution in [0.5, 0.6) is 0 Å². The van der Waals surface area contributed by atoms with E-state index in [4.69, 9.17) is 4.42 Å². The predicted molar refractivity (Wildman–Crippen MR) is 112 cm³/mol. The van der Waals surface area contributed by atoms with Gasteiger partial charge >= 0.3 is 0 Å². The maximum atomic E-state index is 13.8. The van der Waals surface area contributed by atoms with Crippen LogP contribution in [0.15, 0.2) is 51.7 Å². The van der Waals surface area contributed by atoms with Crippen molar-refractivity contribution in [1.82, 2.24) is 10.2 Å². The second kappa shape index (κ2) is 6.84. The molecule has 0 fully saturated rings. The van der Waals surface area contributed by atoms with Gasteiger partial charge in [-0.3, -0.25) is 14.5 Å². The molecule has 4 aromatic rings. The summed E-state index contributed by atoms with van der Waals surface area (Å²) in [6.45, 7) is 3.84. The minimum atomic E-state index is -0.727. The standard InChI is InChI=1S/C22H16FN3O3S/c1-3-12-4-6-13(7-5-12)18-17-19(27)15-10-14(23)8-9-16(15)29-20(17)21(28)26(18)22-25-24-11(2)30-22/h4-10,18H,3H2,1-2H3. The molecule has 6 nitrogen and oxygen atoms in total. The highest BCUT2D eigenvalue weighted by atomic mass is 32.1. The number of nitrogens with zero attached hydrogens (tertiary/aromatic N) is 3. The number of benzene rings is 2. The predicted octanol–water partition coefficient (Wildman–Crippen LogP) is 4.40. The van der Waals surface area contributed by atoms with Crippen molar-refractivity contribution in [3.63, 3.8) is 0 Å². The highest BCUT2D eigenvalue weighted by Gasteiger charge is 2.45. The minimum Gasteiger partial charge on any atom is -0.450 e. The number of rotatable bonds is 3. The molecule has 1 atom stereocenters. The molecule has 1 unspecified atom stereocenters. The van der Waals surface area contributed by atoms with Crippen molar-refractivity contribution in [3.05, 3.63) is 86.0 Å². The molecule has 8 heteroatoms. The van der Waals surface area contributed by atoms with Gasteiger partial charge < -0.3 is 4.42 Å². The van der Waals surface area contributed by atoms with Crippen LogP contribution in [0, 0.1) is 12.7 Å². The Hall–Kier alpha value is -3.39. The molecule has 0 bridgehead atoms. The molecular formula is C22H16FN3O3S. The van der Waals surface area contributed by atoms with E-state index in [9.17, 15) is 14.0 Å². The van der Waals surface area contributed by atoms with E-state index in [1.54, 1.807) is 6.92 Å². The number of carbonyl (C=O) groups excluding carboxylic acids is 1. The van der Waals surface area contributed by atoms with E-state index in [0.717, 1.165) is 23.6 Å². The molecule has 30 heavy (non-hydrogen) atoms. The van der Waals surface area contributed by atoms with Crippen LogP contribution in [-0.4, -0.2) is 16.1 Å². The third-order valence-corrected chi connectivity index (χ3v) is 6.10.